The number of carbonyl (C=O) groups excluding carboxylic acids is 1. The number of alkyl halides is 3. The van der Waals surface area contributed by atoms with Crippen LogP contribution in [0.3, 0.4) is 0 Å². The molecule has 168 valence electrons. The summed E-state index contributed by atoms with van der Waals surface area (Å²) in [5, 5.41) is 2.75. The van der Waals surface area contributed by atoms with Gasteiger partial charge in [-0.1, -0.05) is 12.1 Å². The first-order valence-electron chi connectivity index (χ1n) is 10.00. The van der Waals surface area contributed by atoms with E-state index in [1.165, 1.54) is 18.3 Å². The fourth-order valence-electron chi connectivity index (χ4n) is 3.62. The average Bonchev–Trinajstić information content (AvgIpc) is 2.69. The highest BCUT2D eigenvalue weighted by atomic mass is 19.4. The van der Waals surface area contributed by atoms with Gasteiger partial charge in [0.1, 0.15) is 5.82 Å². The topological polar surface area (TPSA) is 77.2 Å². The van der Waals surface area contributed by atoms with E-state index in [1.807, 2.05) is 0 Å². The van der Waals surface area contributed by atoms with Gasteiger partial charge in [0.2, 0.25) is 0 Å². The number of benzene rings is 1. The minimum atomic E-state index is -4.62. The standard InChI is InChI=1S/C22H25F4N3O2/c1-21(2,22(24,25)26)16-4-3-5-17(19(16)23)29-18-11-14(15(12-28-18)20(27)30)10-13-6-8-31-9-7-13/h3-5,11-13H,6-10H2,1-2H3,(H2,27,30)(H,28,29). The Morgan fingerprint density at radius 1 is 1.26 bits per heavy atom. The number of primary amides is 1. The lowest BCUT2D eigenvalue weighted by Gasteiger charge is -2.29. The number of carbonyl (C=O) groups is 1. The van der Waals surface area contributed by atoms with Gasteiger partial charge >= 0.3 is 6.18 Å². The number of nitrogens with two attached hydrogens (primary N) is 1. The van der Waals surface area contributed by atoms with Crippen molar-refractivity contribution in [1.29, 1.82) is 0 Å². The largest absolute Gasteiger partial charge is 0.398 e. The summed E-state index contributed by atoms with van der Waals surface area (Å²) in [4.78, 5) is 15.9. The molecule has 1 amide bonds. The summed E-state index contributed by atoms with van der Waals surface area (Å²) in [5.41, 5.74) is 3.42. The van der Waals surface area contributed by atoms with Crippen LogP contribution in [-0.4, -0.2) is 30.3 Å². The second-order valence-corrected chi connectivity index (χ2v) is 8.27. The number of rotatable bonds is 6. The lowest BCUT2D eigenvalue weighted by Crippen LogP contribution is -2.37. The first-order chi connectivity index (χ1) is 14.5. The number of nitrogens with one attached hydrogen (secondary N) is 1. The van der Waals surface area contributed by atoms with Gasteiger partial charge < -0.3 is 15.8 Å². The fourth-order valence-corrected chi connectivity index (χ4v) is 3.62. The SMILES string of the molecule is CC(C)(c1cccc(Nc2cc(CC3CCOCC3)c(C(N)=O)cn2)c1F)C(F)(F)F. The third kappa shape index (κ3) is 4.98. The number of nitrogens with zero attached hydrogens (tertiary/aromatic N) is 1. The van der Waals surface area contributed by atoms with E-state index in [9.17, 15) is 22.4 Å². The summed E-state index contributed by atoms with van der Waals surface area (Å²) in [6.45, 7) is 3.14. The Bertz CT molecular complexity index is 954. The molecule has 1 fully saturated rings. The lowest BCUT2D eigenvalue weighted by molar-refractivity contribution is -0.180. The highest BCUT2D eigenvalue weighted by Gasteiger charge is 2.50. The molecule has 9 heteroatoms. The first kappa shape index (κ1) is 23.0. The monoisotopic (exact) mass is 439 g/mol. The van der Waals surface area contributed by atoms with Gasteiger partial charge in [0, 0.05) is 25.0 Å². The predicted molar refractivity (Wildman–Crippen MR) is 109 cm³/mol. The average molecular weight is 439 g/mol. The fraction of sp³-hybridized carbons (Fsp3) is 0.455. The number of pyridine rings is 1. The minimum absolute atomic E-state index is 0.133. The maximum Gasteiger partial charge on any atom is 0.398 e. The Kier molecular flexibility index (Phi) is 6.54. The van der Waals surface area contributed by atoms with Crippen LogP contribution in [0.25, 0.3) is 0 Å². The molecule has 1 saturated heterocycles. The zero-order valence-electron chi connectivity index (χ0n) is 17.4. The smallest absolute Gasteiger partial charge is 0.381 e. The van der Waals surface area contributed by atoms with Crippen molar-refractivity contribution in [2.45, 2.75) is 44.7 Å². The maximum atomic E-state index is 15.0. The molecule has 0 bridgehead atoms. The predicted octanol–water partition coefficient (Wildman–Crippen LogP) is 4.87. The Morgan fingerprint density at radius 3 is 2.55 bits per heavy atom. The quantitative estimate of drug-likeness (QED) is 0.630. The van der Waals surface area contributed by atoms with Gasteiger partial charge in [-0.15, -0.1) is 0 Å². The molecule has 0 saturated carbocycles. The number of hydrogen-bond donors (Lipinski definition) is 2. The van der Waals surface area contributed by atoms with E-state index < -0.39 is 28.9 Å². The molecule has 0 spiro atoms. The maximum absolute atomic E-state index is 15.0. The summed E-state index contributed by atoms with van der Waals surface area (Å²) < 4.78 is 60.5. The van der Waals surface area contributed by atoms with Crippen molar-refractivity contribution in [2.75, 3.05) is 18.5 Å². The van der Waals surface area contributed by atoms with Crippen LogP contribution in [0, 0.1) is 11.7 Å². The molecule has 0 atom stereocenters. The molecule has 3 N–H and O–H groups in total. The normalized spacial score (nSPS) is 15.7. The van der Waals surface area contributed by atoms with E-state index in [0.717, 1.165) is 32.8 Å². The number of halogens is 4. The van der Waals surface area contributed by atoms with Crippen LogP contribution in [0.5, 0.6) is 0 Å². The van der Waals surface area contributed by atoms with E-state index in [4.69, 9.17) is 10.5 Å². The molecule has 1 aliphatic heterocycles. The highest BCUT2D eigenvalue weighted by Crippen LogP contribution is 2.42. The minimum Gasteiger partial charge on any atom is -0.381 e. The van der Waals surface area contributed by atoms with Crippen molar-refractivity contribution in [3.8, 4) is 0 Å². The molecule has 2 aromatic rings. The van der Waals surface area contributed by atoms with Crippen molar-refractivity contribution >= 4 is 17.4 Å². The zero-order chi connectivity index (χ0) is 22.8. The number of aromatic nitrogens is 1. The number of hydrogen-bond acceptors (Lipinski definition) is 4. The molecule has 0 radical (unpaired) electrons. The van der Waals surface area contributed by atoms with Crippen molar-refractivity contribution in [3.63, 3.8) is 0 Å². The second-order valence-electron chi connectivity index (χ2n) is 8.27. The van der Waals surface area contributed by atoms with Crippen LogP contribution in [0.1, 0.15) is 48.2 Å². The lowest BCUT2D eigenvalue weighted by atomic mass is 9.83. The molecule has 5 nitrogen and oxygen atoms in total. The Hall–Kier alpha value is -2.68. The molecular weight excluding hydrogens is 414 g/mol. The van der Waals surface area contributed by atoms with Crippen molar-refractivity contribution < 1.29 is 27.1 Å². The van der Waals surface area contributed by atoms with E-state index in [0.29, 0.717) is 31.1 Å². The van der Waals surface area contributed by atoms with Crippen LogP contribution in [0.2, 0.25) is 0 Å². The molecule has 2 heterocycles. The summed E-state index contributed by atoms with van der Waals surface area (Å²) in [6, 6.07) is 5.41. The van der Waals surface area contributed by atoms with E-state index in [2.05, 4.69) is 10.3 Å². The molecule has 1 aliphatic rings. The molecule has 1 aromatic carbocycles. The Morgan fingerprint density at radius 2 is 1.94 bits per heavy atom. The number of ether oxygens (including phenoxy) is 1. The van der Waals surface area contributed by atoms with Gasteiger partial charge in [0.15, 0.2) is 5.82 Å². The Balaban J connectivity index is 1.91. The molecule has 1 aromatic heterocycles. The van der Waals surface area contributed by atoms with Gasteiger partial charge in [-0.05, 0) is 56.7 Å². The van der Waals surface area contributed by atoms with Crippen molar-refractivity contribution in [1.82, 2.24) is 4.98 Å². The van der Waals surface area contributed by atoms with Crippen LogP contribution in [-0.2, 0) is 16.6 Å². The van der Waals surface area contributed by atoms with Gasteiger partial charge in [-0.3, -0.25) is 4.79 Å². The molecule has 31 heavy (non-hydrogen) atoms. The number of amides is 1. The van der Waals surface area contributed by atoms with Crippen LogP contribution >= 0.6 is 0 Å². The third-order valence-corrected chi connectivity index (χ3v) is 5.75. The summed E-state index contributed by atoms with van der Waals surface area (Å²) >= 11 is 0. The molecule has 3 rings (SSSR count). The van der Waals surface area contributed by atoms with Crippen molar-refractivity contribution in [2.24, 2.45) is 11.7 Å². The van der Waals surface area contributed by atoms with Gasteiger partial charge in [0.25, 0.3) is 5.91 Å². The zero-order valence-corrected chi connectivity index (χ0v) is 17.4. The van der Waals surface area contributed by atoms with E-state index in [-0.39, 0.29) is 17.1 Å². The third-order valence-electron chi connectivity index (χ3n) is 5.75. The Labute approximate surface area is 178 Å². The molecule has 0 unspecified atom stereocenters. The molecule has 0 aliphatic carbocycles. The van der Waals surface area contributed by atoms with E-state index >= 15 is 0 Å². The van der Waals surface area contributed by atoms with Crippen molar-refractivity contribution in [3.05, 3.63) is 53.0 Å². The van der Waals surface area contributed by atoms with Gasteiger partial charge in [-0.25, -0.2) is 9.37 Å². The summed E-state index contributed by atoms with van der Waals surface area (Å²) in [7, 11) is 0. The molecular formula is C22H25F4N3O2. The first-order valence-corrected chi connectivity index (χ1v) is 10.00. The van der Waals surface area contributed by atoms with Crippen LogP contribution < -0.4 is 11.1 Å². The summed E-state index contributed by atoms with van der Waals surface area (Å²) in [5.74, 6) is -1.11. The van der Waals surface area contributed by atoms with E-state index in [1.54, 1.807) is 6.07 Å². The number of anilines is 2. The highest BCUT2D eigenvalue weighted by molar-refractivity contribution is 5.94. The van der Waals surface area contributed by atoms with Gasteiger partial charge in [0.05, 0.1) is 16.7 Å². The second kappa shape index (κ2) is 8.82. The summed E-state index contributed by atoms with van der Waals surface area (Å²) in [6.07, 6.45) is -1.06. The van der Waals surface area contributed by atoms with Gasteiger partial charge in [-0.2, -0.15) is 13.2 Å². The van der Waals surface area contributed by atoms with Crippen LogP contribution in [0.4, 0.5) is 29.1 Å². The van der Waals surface area contributed by atoms with Crippen LogP contribution in [0.15, 0.2) is 30.5 Å².